The molecule has 1 aliphatic heterocycles. The Kier molecular flexibility index (Phi) is 3.56. The summed E-state index contributed by atoms with van der Waals surface area (Å²) in [5.74, 6) is 2.99. The fourth-order valence-electron chi connectivity index (χ4n) is 1.98. The van der Waals surface area contributed by atoms with Crippen LogP contribution in [0.3, 0.4) is 0 Å². The number of methoxy groups -OCH3 is 1. The van der Waals surface area contributed by atoms with Crippen molar-refractivity contribution < 1.29 is 4.74 Å². The summed E-state index contributed by atoms with van der Waals surface area (Å²) in [5.41, 5.74) is 2.86. The van der Waals surface area contributed by atoms with Crippen molar-refractivity contribution in [3.05, 3.63) is 39.6 Å². The topological polar surface area (TPSA) is 35.0 Å². The van der Waals surface area contributed by atoms with Crippen LogP contribution in [0.4, 0.5) is 0 Å². The van der Waals surface area contributed by atoms with Gasteiger partial charge in [0, 0.05) is 22.1 Å². The third kappa shape index (κ3) is 2.40. The first-order valence-electron chi connectivity index (χ1n) is 5.66. The predicted molar refractivity (Wildman–Crippen MR) is 79.0 cm³/mol. The molecule has 0 aliphatic carbocycles. The summed E-state index contributed by atoms with van der Waals surface area (Å²) in [7, 11) is 1.60. The number of nitrogens with zero attached hydrogens (tertiary/aromatic N) is 2. The fraction of sp³-hybridized carbons (Fsp3) is 0.231. The Hall–Kier alpha value is -0.970. The standard InChI is InChI=1S/C13H10Cl2N2OS/c1-18-11-4-7(14)2-3-8(11)13-16-10-6-19-5-9(10)12(15)17-13/h2-4H,5-6H2,1H3. The molecule has 1 aromatic carbocycles. The first-order chi connectivity index (χ1) is 9.19. The quantitative estimate of drug-likeness (QED) is 0.778. The lowest BCUT2D eigenvalue weighted by molar-refractivity contribution is 0.416. The van der Waals surface area contributed by atoms with Crippen molar-refractivity contribution >= 4 is 35.0 Å². The Labute approximate surface area is 125 Å². The van der Waals surface area contributed by atoms with E-state index in [0.29, 0.717) is 21.7 Å². The Bertz CT molecular complexity index is 649. The molecule has 98 valence electrons. The average Bonchev–Trinajstić information content (AvgIpc) is 2.87. The second-order valence-corrected chi connectivity index (χ2v) is 5.88. The maximum absolute atomic E-state index is 6.22. The first-order valence-corrected chi connectivity index (χ1v) is 7.57. The number of halogens is 2. The Morgan fingerprint density at radius 3 is 2.84 bits per heavy atom. The number of aromatic nitrogens is 2. The number of ether oxygens (including phenoxy) is 1. The van der Waals surface area contributed by atoms with Crippen LogP contribution in [-0.4, -0.2) is 17.1 Å². The van der Waals surface area contributed by atoms with Crippen LogP contribution in [0.15, 0.2) is 18.2 Å². The number of thioether (sulfide) groups is 1. The molecule has 2 aromatic rings. The predicted octanol–water partition coefficient (Wildman–Crippen LogP) is 4.21. The minimum atomic E-state index is 0.530. The summed E-state index contributed by atoms with van der Waals surface area (Å²) in [6.07, 6.45) is 0. The van der Waals surface area contributed by atoms with Crippen LogP contribution in [0.5, 0.6) is 5.75 Å². The Morgan fingerprint density at radius 1 is 1.21 bits per heavy atom. The lowest BCUT2D eigenvalue weighted by Gasteiger charge is -2.09. The molecule has 0 spiro atoms. The zero-order chi connectivity index (χ0) is 13.4. The van der Waals surface area contributed by atoms with E-state index in [0.717, 1.165) is 28.3 Å². The number of benzene rings is 1. The number of fused-ring (bicyclic) bond motifs is 1. The van der Waals surface area contributed by atoms with Gasteiger partial charge in [0.1, 0.15) is 10.9 Å². The van der Waals surface area contributed by atoms with Gasteiger partial charge in [-0.15, -0.1) is 0 Å². The van der Waals surface area contributed by atoms with Crippen LogP contribution >= 0.6 is 35.0 Å². The van der Waals surface area contributed by atoms with Crippen LogP contribution < -0.4 is 4.74 Å². The summed E-state index contributed by atoms with van der Waals surface area (Å²) in [5, 5.41) is 1.14. The molecule has 0 N–H and O–H groups in total. The van der Waals surface area contributed by atoms with E-state index in [1.54, 1.807) is 31.0 Å². The van der Waals surface area contributed by atoms with Crippen molar-refractivity contribution in [3.63, 3.8) is 0 Å². The van der Waals surface area contributed by atoms with E-state index < -0.39 is 0 Å². The van der Waals surface area contributed by atoms with Crippen molar-refractivity contribution in [2.24, 2.45) is 0 Å². The average molecular weight is 313 g/mol. The maximum Gasteiger partial charge on any atom is 0.164 e. The van der Waals surface area contributed by atoms with Crippen LogP contribution in [0, 0.1) is 0 Å². The molecular formula is C13H10Cl2N2OS. The molecule has 0 radical (unpaired) electrons. The van der Waals surface area contributed by atoms with Gasteiger partial charge in [0.05, 0.1) is 18.4 Å². The van der Waals surface area contributed by atoms with Gasteiger partial charge in [0.25, 0.3) is 0 Å². The van der Waals surface area contributed by atoms with Crippen LogP contribution in [0.25, 0.3) is 11.4 Å². The van der Waals surface area contributed by atoms with E-state index in [9.17, 15) is 0 Å². The second-order valence-electron chi connectivity index (χ2n) is 4.10. The molecule has 0 saturated carbocycles. The normalized spacial score (nSPS) is 13.4. The van der Waals surface area contributed by atoms with Gasteiger partial charge in [-0.05, 0) is 18.2 Å². The molecule has 1 aliphatic rings. The minimum absolute atomic E-state index is 0.530. The molecule has 3 nitrogen and oxygen atoms in total. The highest BCUT2D eigenvalue weighted by Crippen LogP contribution is 2.36. The molecule has 19 heavy (non-hydrogen) atoms. The Morgan fingerprint density at radius 2 is 2.05 bits per heavy atom. The maximum atomic E-state index is 6.22. The number of hydrogen-bond donors (Lipinski definition) is 0. The molecule has 0 saturated heterocycles. The summed E-state index contributed by atoms with van der Waals surface area (Å²) in [4.78, 5) is 8.95. The second kappa shape index (κ2) is 5.19. The Balaban J connectivity index is 2.15. The fourth-order valence-corrected chi connectivity index (χ4v) is 3.52. The van der Waals surface area contributed by atoms with Gasteiger partial charge >= 0.3 is 0 Å². The van der Waals surface area contributed by atoms with Crippen molar-refractivity contribution in [2.45, 2.75) is 11.5 Å². The largest absolute Gasteiger partial charge is 0.496 e. The highest BCUT2D eigenvalue weighted by atomic mass is 35.5. The van der Waals surface area contributed by atoms with E-state index >= 15 is 0 Å². The van der Waals surface area contributed by atoms with Gasteiger partial charge in [-0.25, -0.2) is 9.97 Å². The summed E-state index contributed by atoms with van der Waals surface area (Å²) in [6.45, 7) is 0. The van der Waals surface area contributed by atoms with Gasteiger partial charge in [-0.2, -0.15) is 11.8 Å². The molecule has 0 bridgehead atoms. The van der Waals surface area contributed by atoms with Crippen molar-refractivity contribution in [3.8, 4) is 17.1 Å². The molecule has 2 heterocycles. The van der Waals surface area contributed by atoms with E-state index in [-0.39, 0.29) is 0 Å². The van der Waals surface area contributed by atoms with E-state index in [1.807, 2.05) is 6.07 Å². The molecule has 0 atom stereocenters. The SMILES string of the molecule is COc1cc(Cl)ccc1-c1nc(Cl)c2c(n1)CSC2. The van der Waals surface area contributed by atoms with E-state index in [1.165, 1.54) is 0 Å². The van der Waals surface area contributed by atoms with Crippen molar-refractivity contribution in [2.75, 3.05) is 7.11 Å². The third-order valence-corrected chi connectivity index (χ3v) is 4.45. The summed E-state index contributed by atoms with van der Waals surface area (Å²) < 4.78 is 5.33. The third-order valence-electron chi connectivity index (χ3n) is 2.93. The van der Waals surface area contributed by atoms with Crippen molar-refractivity contribution in [1.29, 1.82) is 0 Å². The number of rotatable bonds is 2. The van der Waals surface area contributed by atoms with Gasteiger partial charge in [0.2, 0.25) is 0 Å². The molecule has 0 amide bonds. The van der Waals surface area contributed by atoms with E-state index in [4.69, 9.17) is 27.9 Å². The van der Waals surface area contributed by atoms with Crippen LogP contribution in [-0.2, 0) is 11.5 Å². The molecule has 3 rings (SSSR count). The van der Waals surface area contributed by atoms with Gasteiger partial charge in [-0.3, -0.25) is 0 Å². The van der Waals surface area contributed by atoms with Gasteiger partial charge < -0.3 is 4.74 Å². The zero-order valence-electron chi connectivity index (χ0n) is 10.1. The smallest absolute Gasteiger partial charge is 0.164 e. The first kappa shape index (κ1) is 13.0. The van der Waals surface area contributed by atoms with Crippen molar-refractivity contribution in [1.82, 2.24) is 9.97 Å². The lowest BCUT2D eigenvalue weighted by atomic mass is 10.1. The number of hydrogen-bond acceptors (Lipinski definition) is 4. The van der Waals surface area contributed by atoms with Gasteiger partial charge in [-0.1, -0.05) is 23.2 Å². The molecule has 1 aromatic heterocycles. The van der Waals surface area contributed by atoms with Crippen LogP contribution in [0.1, 0.15) is 11.3 Å². The monoisotopic (exact) mass is 312 g/mol. The zero-order valence-corrected chi connectivity index (χ0v) is 12.4. The minimum Gasteiger partial charge on any atom is -0.496 e. The van der Waals surface area contributed by atoms with Crippen LogP contribution in [0.2, 0.25) is 10.2 Å². The highest BCUT2D eigenvalue weighted by Gasteiger charge is 2.20. The van der Waals surface area contributed by atoms with Gasteiger partial charge in [0.15, 0.2) is 5.82 Å². The highest BCUT2D eigenvalue weighted by molar-refractivity contribution is 7.98. The lowest BCUT2D eigenvalue weighted by Crippen LogP contribution is -1.99. The molecular weight excluding hydrogens is 303 g/mol. The summed E-state index contributed by atoms with van der Waals surface area (Å²) in [6, 6.07) is 5.39. The molecule has 6 heteroatoms. The molecule has 0 unspecified atom stereocenters. The van der Waals surface area contributed by atoms with E-state index in [2.05, 4.69) is 9.97 Å². The summed E-state index contributed by atoms with van der Waals surface area (Å²) >= 11 is 14.0. The molecule has 0 fully saturated rings.